The van der Waals surface area contributed by atoms with Gasteiger partial charge >= 0.3 is 0 Å². The van der Waals surface area contributed by atoms with Crippen molar-refractivity contribution >= 4 is 10.8 Å². The first-order chi connectivity index (χ1) is 16.9. The van der Waals surface area contributed by atoms with Crippen LogP contribution in [0, 0.1) is 25.5 Å². The molecule has 3 heterocycles. The first-order valence-electron chi connectivity index (χ1n) is 12.0. The molecule has 2 atom stereocenters. The maximum absolute atomic E-state index is 14.9. The highest BCUT2D eigenvalue weighted by molar-refractivity contribution is 5.94. The van der Waals surface area contributed by atoms with Gasteiger partial charge in [-0.2, -0.15) is 10.2 Å². The summed E-state index contributed by atoms with van der Waals surface area (Å²) in [5, 5.41) is 10.2. The Morgan fingerprint density at radius 2 is 1.77 bits per heavy atom. The zero-order valence-corrected chi connectivity index (χ0v) is 19.7. The number of halogens is 2. The summed E-state index contributed by atoms with van der Waals surface area (Å²) in [7, 11) is 0. The smallest absolute Gasteiger partial charge is 0.274 e. The van der Waals surface area contributed by atoms with Gasteiger partial charge in [0.05, 0.1) is 29.8 Å². The van der Waals surface area contributed by atoms with Crippen LogP contribution in [0.2, 0.25) is 0 Å². The normalized spacial score (nSPS) is 20.5. The summed E-state index contributed by atoms with van der Waals surface area (Å²) in [6, 6.07) is 7.40. The van der Waals surface area contributed by atoms with E-state index in [4.69, 9.17) is 9.84 Å². The lowest BCUT2D eigenvalue weighted by Crippen LogP contribution is -2.32. The monoisotopic (exact) mass is 476 g/mol. The van der Waals surface area contributed by atoms with E-state index in [0.717, 1.165) is 35.6 Å². The molecule has 6 nitrogen and oxygen atoms in total. The Kier molecular flexibility index (Phi) is 5.29. The summed E-state index contributed by atoms with van der Waals surface area (Å²) in [6.07, 6.45) is 7.14. The zero-order valence-electron chi connectivity index (χ0n) is 19.7. The van der Waals surface area contributed by atoms with E-state index in [-0.39, 0.29) is 23.3 Å². The topological polar surface area (TPSA) is 61.9 Å². The van der Waals surface area contributed by atoms with Gasteiger partial charge in [-0.25, -0.2) is 13.5 Å². The quantitative estimate of drug-likeness (QED) is 0.386. The Morgan fingerprint density at radius 3 is 2.51 bits per heavy atom. The molecule has 0 bridgehead atoms. The molecule has 2 fully saturated rings. The number of aromatic nitrogens is 4. The lowest BCUT2D eigenvalue weighted by atomic mass is 9.97. The summed E-state index contributed by atoms with van der Waals surface area (Å²) in [4.78, 5) is 13.6. The summed E-state index contributed by atoms with van der Waals surface area (Å²) < 4.78 is 38.0. The van der Waals surface area contributed by atoms with Crippen molar-refractivity contribution in [2.45, 2.75) is 57.7 Å². The standard InChI is InChI=1S/C27H26F2N4O2/c1-15-9-22-23(10-16(15)2)27(34)33(31-26(22)21-6-3-18(28)11-24(21)29)20-7-8-35-25(12-20)17-13-30-32(14-17)19-4-5-19/h3,6,9-11,13-14,19-20,25H,4-5,7-8,12H2,1-2H3/t20-,25-/m1/s1. The van der Waals surface area contributed by atoms with Gasteiger partial charge in [0.2, 0.25) is 0 Å². The highest BCUT2D eigenvalue weighted by atomic mass is 19.1. The minimum absolute atomic E-state index is 0.169. The molecule has 6 rings (SSSR count). The second-order valence-corrected chi connectivity index (χ2v) is 9.73. The van der Waals surface area contributed by atoms with Crippen LogP contribution in [0.4, 0.5) is 8.78 Å². The van der Waals surface area contributed by atoms with E-state index in [1.165, 1.54) is 16.8 Å². The molecule has 180 valence electrons. The number of rotatable bonds is 4. The Labute approximate surface area is 201 Å². The van der Waals surface area contributed by atoms with Crippen molar-refractivity contribution in [2.24, 2.45) is 0 Å². The molecule has 2 aromatic carbocycles. The van der Waals surface area contributed by atoms with Gasteiger partial charge in [-0.15, -0.1) is 0 Å². The molecule has 1 saturated carbocycles. The van der Waals surface area contributed by atoms with E-state index in [2.05, 4.69) is 5.10 Å². The molecule has 4 aromatic rings. The van der Waals surface area contributed by atoms with Crippen molar-refractivity contribution in [1.82, 2.24) is 19.6 Å². The Bertz CT molecular complexity index is 1510. The number of ether oxygens (including phenoxy) is 1. The van der Waals surface area contributed by atoms with Gasteiger partial charge in [0.1, 0.15) is 17.3 Å². The van der Waals surface area contributed by atoms with Gasteiger partial charge in [0, 0.05) is 41.8 Å². The number of benzene rings is 2. The van der Waals surface area contributed by atoms with Gasteiger partial charge in [0.25, 0.3) is 5.56 Å². The lowest BCUT2D eigenvalue weighted by Gasteiger charge is -2.30. The first-order valence-corrected chi connectivity index (χ1v) is 12.0. The fourth-order valence-electron chi connectivity index (χ4n) is 4.94. The predicted octanol–water partition coefficient (Wildman–Crippen LogP) is 5.58. The van der Waals surface area contributed by atoms with Crippen molar-refractivity contribution in [3.05, 3.63) is 81.4 Å². The fraction of sp³-hybridized carbons (Fsp3) is 0.370. The molecule has 1 aliphatic heterocycles. The number of aryl methyl sites for hydroxylation is 2. The summed E-state index contributed by atoms with van der Waals surface area (Å²) in [5.41, 5.74) is 3.22. The molecule has 35 heavy (non-hydrogen) atoms. The molecule has 0 amide bonds. The van der Waals surface area contributed by atoms with Crippen molar-refractivity contribution in [3.63, 3.8) is 0 Å². The van der Waals surface area contributed by atoms with Crippen LogP contribution in [-0.2, 0) is 4.74 Å². The van der Waals surface area contributed by atoms with E-state index >= 15 is 0 Å². The third-order valence-electron chi connectivity index (χ3n) is 7.24. The van der Waals surface area contributed by atoms with Crippen LogP contribution < -0.4 is 5.56 Å². The second-order valence-electron chi connectivity index (χ2n) is 9.73. The predicted molar refractivity (Wildman–Crippen MR) is 128 cm³/mol. The van der Waals surface area contributed by atoms with Crippen LogP contribution in [0.5, 0.6) is 0 Å². The van der Waals surface area contributed by atoms with E-state index in [9.17, 15) is 13.6 Å². The molecular weight excluding hydrogens is 450 g/mol. The average Bonchev–Trinajstić information content (AvgIpc) is 3.57. The number of fused-ring (bicyclic) bond motifs is 1. The molecule has 2 aromatic heterocycles. The van der Waals surface area contributed by atoms with E-state index in [1.807, 2.05) is 43.1 Å². The van der Waals surface area contributed by atoms with E-state index < -0.39 is 11.6 Å². The van der Waals surface area contributed by atoms with Crippen LogP contribution in [0.3, 0.4) is 0 Å². The van der Waals surface area contributed by atoms with Crippen molar-refractivity contribution in [1.29, 1.82) is 0 Å². The van der Waals surface area contributed by atoms with Gasteiger partial charge in [-0.1, -0.05) is 0 Å². The molecule has 0 N–H and O–H groups in total. The maximum atomic E-state index is 14.9. The molecule has 2 aliphatic rings. The van der Waals surface area contributed by atoms with Crippen molar-refractivity contribution in [2.75, 3.05) is 6.61 Å². The van der Waals surface area contributed by atoms with E-state index in [0.29, 0.717) is 42.0 Å². The minimum Gasteiger partial charge on any atom is -0.373 e. The third-order valence-corrected chi connectivity index (χ3v) is 7.24. The van der Waals surface area contributed by atoms with Crippen molar-refractivity contribution in [3.8, 4) is 11.3 Å². The summed E-state index contributed by atoms with van der Waals surface area (Å²) >= 11 is 0. The maximum Gasteiger partial charge on any atom is 0.274 e. The van der Waals surface area contributed by atoms with Gasteiger partial charge in [-0.05, 0) is 68.5 Å². The molecular formula is C27H26F2N4O2. The Hall–Kier alpha value is -3.39. The highest BCUT2D eigenvalue weighted by Gasteiger charge is 2.31. The zero-order chi connectivity index (χ0) is 24.3. The second kappa shape index (κ2) is 8.37. The van der Waals surface area contributed by atoms with Gasteiger partial charge in [-0.3, -0.25) is 9.48 Å². The minimum atomic E-state index is -0.709. The fourth-order valence-corrected chi connectivity index (χ4v) is 4.94. The molecule has 0 radical (unpaired) electrons. The number of hydrogen-bond acceptors (Lipinski definition) is 4. The summed E-state index contributed by atoms with van der Waals surface area (Å²) in [6.45, 7) is 4.36. The Morgan fingerprint density at radius 1 is 1.00 bits per heavy atom. The van der Waals surface area contributed by atoms with Crippen molar-refractivity contribution < 1.29 is 13.5 Å². The first kappa shape index (κ1) is 22.1. The van der Waals surface area contributed by atoms with E-state index in [1.54, 1.807) is 0 Å². The summed E-state index contributed by atoms with van der Waals surface area (Å²) in [5.74, 6) is -1.37. The molecule has 8 heteroatoms. The largest absolute Gasteiger partial charge is 0.373 e. The number of nitrogens with zero attached hydrogens (tertiary/aromatic N) is 4. The van der Waals surface area contributed by atoms with Gasteiger partial charge < -0.3 is 4.74 Å². The average molecular weight is 477 g/mol. The highest BCUT2D eigenvalue weighted by Crippen LogP contribution is 2.38. The van der Waals surface area contributed by atoms with Crippen LogP contribution in [0.25, 0.3) is 22.0 Å². The van der Waals surface area contributed by atoms with Crippen LogP contribution in [-0.4, -0.2) is 26.2 Å². The SMILES string of the molecule is Cc1cc2c(-c3ccc(F)cc3F)nn([C@@H]3CCO[C@@H](c4cnn(C5CC5)c4)C3)c(=O)c2cc1C. The molecule has 0 unspecified atom stereocenters. The van der Waals surface area contributed by atoms with Crippen LogP contribution in [0.1, 0.15) is 60.6 Å². The Balaban J connectivity index is 1.46. The van der Waals surface area contributed by atoms with Crippen LogP contribution in [0.15, 0.2) is 47.5 Å². The molecule has 1 saturated heterocycles. The lowest BCUT2D eigenvalue weighted by molar-refractivity contribution is -0.0102. The van der Waals surface area contributed by atoms with Gasteiger partial charge in [0.15, 0.2) is 0 Å². The molecule has 0 spiro atoms. The number of hydrogen-bond donors (Lipinski definition) is 0. The molecule has 1 aliphatic carbocycles. The van der Waals surface area contributed by atoms with Crippen LogP contribution >= 0.6 is 0 Å². The third kappa shape index (κ3) is 3.95.